The number of aromatic nitrogens is 3. The van der Waals surface area contributed by atoms with Gasteiger partial charge in [-0.3, -0.25) is 4.79 Å². The van der Waals surface area contributed by atoms with E-state index in [0.717, 1.165) is 15.8 Å². The molecule has 1 N–H and O–H groups in total. The van der Waals surface area contributed by atoms with E-state index in [1.807, 2.05) is 49.4 Å². The summed E-state index contributed by atoms with van der Waals surface area (Å²) in [5.74, 6) is 1.37. The fourth-order valence-corrected chi connectivity index (χ4v) is 4.52. The van der Waals surface area contributed by atoms with Crippen LogP contribution in [0.3, 0.4) is 0 Å². The minimum absolute atomic E-state index is 0.133. The fraction of sp³-hybridized carbons (Fsp3) is 0.182. The maximum Gasteiger partial charge on any atom is 0.236 e. The Bertz CT molecular complexity index is 1230. The highest BCUT2D eigenvalue weighted by atomic mass is 32.2. The Morgan fingerprint density at radius 1 is 1.03 bits per heavy atom. The van der Waals surface area contributed by atoms with E-state index in [1.54, 1.807) is 14.2 Å². The Morgan fingerprint density at radius 3 is 2.61 bits per heavy atom. The number of carbonyl (C=O) groups excluding carboxylic acids is 1. The van der Waals surface area contributed by atoms with Gasteiger partial charge in [-0.15, -0.1) is 10.2 Å². The molecule has 0 saturated heterocycles. The molecule has 0 aliphatic heterocycles. The molecule has 0 atom stereocenters. The number of nitrogens with one attached hydrogen (secondary N) is 1. The van der Waals surface area contributed by atoms with Gasteiger partial charge in [-0.25, -0.2) is 4.98 Å². The van der Waals surface area contributed by atoms with Gasteiger partial charge in [0.1, 0.15) is 5.03 Å². The Hall–Kier alpha value is -3.17. The van der Waals surface area contributed by atoms with E-state index in [-0.39, 0.29) is 11.7 Å². The predicted octanol–water partition coefficient (Wildman–Crippen LogP) is 4.81. The van der Waals surface area contributed by atoms with Crippen LogP contribution in [0.1, 0.15) is 5.56 Å². The molecule has 0 radical (unpaired) electrons. The van der Waals surface area contributed by atoms with Gasteiger partial charge in [-0.1, -0.05) is 29.2 Å². The number of rotatable bonds is 7. The number of thioether (sulfide) groups is 1. The van der Waals surface area contributed by atoms with Crippen LogP contribution in [-0.4, -0.2) is 41.1 Å². The molecular weight excluding hydrogens is 432 g/mol. The maximum absolute atomic E-state index is 12.3. The summed E-state index contributed by atoms with van der Waals surface area (Å²) in [5, 5.41) is 12.6. The second kappa shape index (κ2) is 9.32. The van der Waals surface area contributed by atoms with Crippen LogP contribution < -0.4 is 14.8 Å². The van der Waals surface area contributed by atoms with Crippen molar-refractivity contribution >= 4 is 44.4 Å². The summed E-state index contributed by atoms with van der Waals surface area (Å²) in [6.45, 7) is 2.03. The summed E-state index contributed by atoms with van der Waals surface area (Å²) >= 11 is 2.79. The number of fused-ring (bicyclic) bond motifs is 1. The maximum atomic E-state index is 12.3. The van der Waals surface area contributed by atoms with E-state index in [1.165, 1.54) is 28.7 Å². The standard InChI is InChI=1S/C22H20N4O3S2/c1-13-4-6-16-19(10-13)31-22(23-16)24-20(27)12-30-21-9-7-15(25-26-21)14-5-8-17(28-2)18(11-14)29-3/h4-11H,12H2,1-3H3,(H,23,24,27). The van der Waals surface area contributed by atoms with Crippen LogP contribution in [0.5, 0.6) is 11.5 Å². The van der Waals surface area contributed by atoms with E-state index < -0.39 is 0 Å². The number of aryl methyl sites for hydroxylation is 1. The largest absolute Gasteiger partial charge is 0.493 e. The summed E-state index contributed by atoms with van der Waals surface area (Å²) in [4.78, 5) is 16.8. The number of hydrogen-bond acceptors (Lipinski definition) is 8. The molecule has 158 valence electrons. The van der Waals surface area contributed by atoms with E-state index in [4.69, 9.17) is 9.47 Å². The van der Waals surface area contributed by atoms with Gasteiger partial charge in [0.15, 0.2) is 16.6 Å². The molecule has 0 bridgehead atoms. The summed E-state index contributed by atoms with van der Waals surface area (Å²) < 4.78 is 11.6. The van der Waals surface area contributed by atoms with Crippen molar-refractivity contribution in [3.8, 4) is 22.8 Å². The zero-order valence-electron chi connectivity index (χ0n) is 17.2. The molecule has 2 aromatic carbocycles. The van der Waals surface area contributed by atoms with Gasteiger partial charge in [0, 0.05) is 5.56 Å². The second-order valence-corrected chi connectivity index (χ2v) is 8.68. The highest BCUT2D eigenvalue weighted by Gasteiger charge is 2.11. The third-order valence-corrected chi connectivity index (χ3v) is 6.31. The molecule has 7 nitrogen and oxygen atoms in total. The number of ether oxygens (including phenoxy) is 2. The third-order valence-electron chi connectivity index (χ3n) is 4.46. The van der Waals surface area contributed by atoms with Gasteiger partial charge in [-0.2, -0.15) is 0 Å². The minimum atomic E-state index is -0.133. The number of benzene rings is 2. The van der Waals surface area contributed by atoms with E-state index in [0.29, 0.717) is 27.4 Å². The normalized spacial score (nSPS) is 10.8. The molecule has 0 fully saturated rings. The number of hydrogen-bond donors (Lipinski definition) is 1. The van der Waals surface area contributed by atoms with Crippen LogP contribution in [0.15, 0.2) is 53.6 Å². The predicted molar refractivity (Wildman–Crippen MR) is 124 cm³/mol. The minimum Gasteiger partial charge on any atom is -0.493 e. The number of amides is 1. The smallest absolute Gasteiger partial charge is 0.236 e. The lowest BCUT2D eigenvalue weighted by Gasteiger charge is -2.09. The average Bonchev–Trinajstić information content (AvgIpc) is 3.18. The Kier molecular flexibility index (Phi) is 6.34. The van der Waals surface area contributed by atoms with Crippen LogP contribution in [0.4, 0.5) is 5.13 Å². The first-order valence-corrected chi connectivity index (χ1v) is 11.2. The van der Waals surface area contributed by atoms with Crippen LogP contribution in [-0.2, 0) is 4.79 Å². The Balaban J connectivity index is 1.37. The molecule has 2 aromatic heterocycles. The number of nitrogens with zero attached hydrogens (tertiary/aromatic N) is 3. The van der Waals surface area contributed by atoms with Crippen LogP contribution in [0.2, 0.25) is 0 Å². The summed E-state index contributed by atoms with van der Waals surface area (Å²) in [5.41, 5.74) is 3.62. The molecule has 2 heterocycles. The molecule has 0 aliphatic rings. The van der Waals surface area contributed by atoms with Crippen molar-refractivity contribution in [2.24, 2.45) is 0 Å². The zero-order chi connectivity index (χ0) is 21.8. The van der Waals surface area contributed by atoms with Gasteiger partial charge in [0.25, 0.3) is 0 Å². The van der Waals surface area contributed by atoms with Gasteiger partial charge in [0.2, 0.25) is 5.91 Å². The first-order chi connectivity index (χ1) is 15.1. The van der Waals surface area contributed by atoms with Crippen molar-refractivity contribution in [3.05, 3.63) is 54.1 Å². The summed E-state index contributed by atoms with van der Waals surface area (Å²) in [6.07, 6.45) is 0. The van der Waals surface area contributed by atoms with E-state index in [2.05, 4.69) is 26.6 Å². The van der Waals surface area contributed by atoms with Crippen molar-refractivity contribution < 1.29 is 14.3 Å². The average molecular weight is 453 g/mol. The Morgan fingerprint density at radius 2 is 1.87 bits per heavy atom. The highest BCUT2D eigenvalue weighted by molar-refractivity contribution is 7.99. The molecular formula is C22H20N4O3S2. The lowest BCUT2D eigenvalue weighted by atomic mass is 10.1. The van der Waals surface area contributed by atoms with Gasteiger partial charge >= 0.3 is 0 Å². The molecule has 0 saturated carbocycles. The third kappa shape index (κ3) is 4.95. The quantitative estimate of drug-likeness (QED) is 0.403. The van der Waals surface area contributed by atoms with Crippen molar-refractivity contribution in [1.29, 1.82) is 0 Å². The zero-order valence-corrected chi connectivity index (χ0v) is 18.8. The van der Waals surface area contributed by atoms with E-state index >= 15 is 0 Å². The van der Waals surface area contributed by atoms with Gasteiger partial charge in [-0.05, 0) is 55.0 Å². The fourth-order valence-electron chi connectivity index (χ4n) is 2.93. The van der Waals surface area contributed by atoms with Gasteiger partial charge in [0.05, 0.1) is 35.9 Å². The van der Waals surface area contributed by atoms with Gasteiger partial charge < -0.3 is 14.8 Å². The van der Waals surface area contributed by atoms with Crippen molar-refractivity contribution in [2.75, 3.05) is 25.3 Å². The molecule has 4 rings (SSSR count). The number of methoxy groups -OCH3 is 2. The Labute approximate surface area is 187 Å². The van der Waals surface area contributed by atoms with Crippen molar-refractivity contribution in [3.63, 3.8) is 0 Å². The molecule has 0 unspecified atom stereocenters. The molecule has 31 heavy (non-hydrogen) atoms. The monoisotopic (exact) mass is 452 g/mol. The molecule has 0 aliphatic carbocycles. The summed E-state index contributed by atoms with van der Waals surface area (Å²) in [6, 6.07) is 15.3. The summed E-state index contributed by atoms with van der Waals surface area (Å²) in [7, 11) is 3.19. The number of carbonyl (C=O) groups is 1. The molecule has 9 heteroatoms. The second-order valence-electron chi connectivity index (χ2n) is 6.65. The van der Waals surface area contributed by atoms with Crippen molar-refractivity contribution in [1.82, 2.24) is 15.2 Å². The molecule has 4 aromatic rings. The SMILES string of the molecule is COc1ccc(-c2ccc(SCC(=O)Nc3nc4ccc(C)cc4s3)nn2)cc1OC. The van der Waals surface area contributed by atoms with Crippen LogP contribution in [0.25, 0.3) is 21.5 Å². The molecule has 1 amide bonds. The number of anilines is 1. The van der Waals surface area contributed by atoms with Crippen LogP contribution in [0, 0.1) is 6.92 Å². The van der Waals surface area contributed by atoms with Crippen LogP contribution >= 0.6 is 23.1 Å². The lowest BCUT2D eigenvalue weighted by molar-refractivity contribution is -0.113. The first-order valence-electron chi connectivity index (χ1n) is 9.41. The highest BCUT2D eigenvalue weighted by Crippen LogP contribution is 2.32. The van der Waals surface area contributed by atoms with E-state index in [9.17, 15) is 4.79 Å². The van der Waals surface area contributed by atoms with Crippen molar-refractivity contribution in [2.45, 2.75) is 11.9 Å². The first kappa shape index (κ1) is 21.1. The topological polar surface area (TPSA) is 86.2 Å². The number of thiazole rings is 1. The molecule has 0 spiro atoms. The lowest BCUT2D eigenvalue weighted by Crippen LogP contribution is -2.13.